The molecule has 0 atom stereocenters. The standard InChI is InChI=1S/C4H8F2NO/c1-7(2)3-4(5,6)8/h8H,1,3H2,2H3. The predicted octanol–water partition coefficient (Wildman–Crippen LogP) is 0.295. The van der Waals surface area contributed by atoms with Gasteiger partial charge in [0.25, 0.3) is 0 Å². The van der Waals surface area contributed by atoms with Gasteiger partial charge in [0.15, 0.2) is 0 Å². The summed E-state index contributed by atoms with van der Waals surface area (Å²) in [6.45, 7) is -0.729. The van der Waals surface area contributed by atoms with E-state index in [-0.39, 0.29) is 0 Å². The first-order valence-electron chi connectivity index (χ1n) is 2.03. The Morgan fingerprint density at radius 2 is 2.12 bits per heavy atom. The fourth-order valence-electron chi connectivity index (χ4n) is 0.325. The Bertz CT molecular complexity index is 68.9. The molecule has 0 saturated carbocycles. The second-order valence-corrected chi connectivity index (χ2v) is 1.68. The smallest absolute Gasteiger partial charge is 0.335 e. The maximum absolute atomic E-state index is 11.4. The summed E-state index contributed by atoms with van der Waals surface area (Å²) in [4.78, 5) is 0.958. The van der Waals surface area contributed by atoms with Crippen molar-refractivity contribution in [3.8, 4) is 0 Å². The summed E-state index contributed by atoms with van der Waals surface area (Å²) in [6, 6.07) is 0. The van der Waals surface area contributed by atoms with E-state index in [1.807, 2.05) is 0 Å². The number of nitrogens with zero attached hydrogens (tertiary/aromatic N) is 1. The number of rotatable bonds is 2. The van der Waals surface area contributed by atoms with Crippen molar-refractivity contribution in [1.82, 2.24) is 4.90 Å². The van der Waals surface area contributed by atoms with Gasteiger partial charge in [-0.2, -0.15) is 8.78 Å². The largest absolute Gasteiger partial charge is 0.365 e. The molecule has 0 rings (SSSR count). The number of hydrogen-bond donors (Lipinski definition) is 1. The molecule has 0 aromatic carbocycles. The Morgan fingerprint density at radius 1 is 1.75 bits per heavy atom. The molecular formula is C4H8F2NO. The van der Waals surface area contributed by atoms with Crippen molar-refractivity contribution in [3.63, 3.8) is 0 Å². The zero-order valence-corrected chi connectivity index (χ0v) is 4.56. The molecule has 2 nitrogen and oxygen atoms in total. The molecule has 0 aliphatic heterocycles. The quantitative estimate of drug-likeness (QED) is 0.572. The van der Waals surface area contributed by atoms with Crippen LogP contribution in [0, 0.1) is 7.05 Å². The van der Waals surface area contributed by atoms with Crippen LogP contribution in [0.3, 0.4) is 0 Å². The van der Waals surface area contributed by atoms with Crippen LogP contribution in [0.1, 0.15) is 0 Å². The van der Waals surface area contributed by atoms with E-state index in [2.05, 4.69) is 7.05 Å². The summed E-state index contributed by atoms with van der Waals surface area (Å²) >= 11 is 0. The molecule has 0 unspecified atom stereocenters. The highest BCUT2D eigenvalue weighted by Gasteiger charge is 2.24. The minimum atomic E-state index is -3.61. The van der Waals surface area contributed by atoms with Crippen molar-refractivity contribution in [2.45, 2.75) is 6.11 Å². The number of aliphatic hydroxyl groups is 1. The number of hydrogen-bond acceptors (Lipinski definition) is 2. The van der Waals surface area contributed by atoms with Gasteiger partial charge in [-0.15, -0.1) is 0 Å². The lowest BCUT2D eigenvalue weighted by Crippen LogP contribution is -2.30. The summed E-state index contributed by atoms with van der Waals surface area (Å²) in [5, 5.41) is 7.77. The second kappa shape index (κ2) is 2.37. The first-order chi connectivity index (χ1) is 3.42. The normalized spacial score (nSPS) is 12.8. The Morgan fingerprint density at radius 3 is 2.12 bits per heavy atom. The summed E-state index contributed by atoms with van der Waals surface area (Å²) < 4.78 is 22.9. The Labute approximate surface area is 46.7 Å². The number of alkyl halides is 2. The van der Waals surface area contributed by atoms with Crippen LogP contribution in [-0.2, 0) is 0 Å². The van der Waals surface area contributed by atoms with Gasteiger partial charge in [0.1, 0.15) is 0 Å². The van der Waals surface area contributed by atoms with Gasteiger partial charge in [-0.3, -0.25) is 4.90 Å². The summed E-state index contributed by atoms with van der Waals surface area (Å²) in [5.41, 5.74) is 0. The SMILES string of the molecule is [CH2]N(C)CC(O)(F)F. The van der Waals surface area contributed by atoms with E-state index >= 15 is 0 Å². The fraction of sp³-hybridized carbons (Fsp3) is 0.750. The maximum Gasteiger partial charge on any atom is 0.365 e. The first-order valence-corrected chi connectivity index (χ1v) is 2.03. The Kier molecular flexibility index (Phi) is 2.30. The van der Waals surface area contributed by atoms with Crippen LogP contribution in [0.25, 0.3) is 0 Å². The summed E-state index contributed by atoms with van der Waals surface area (Å²) in [5.74, 6) is 0. The lowest BCUT2D eigenvalue weighted by molar-refractivity contribution is -0.204. The van der Waals surface area contributed by atoms with E-state index in [1.165, 1.54) is 7.05 Å². The minimum Gasteiger partial charge on any atom is -0.335 e. The molecule has 0 fully saturated rings. The molecule has 0 aromatic heterocycles. The van der Waals surface area contributed by atoms with Crippen molar-refractivity contribution in [3.05, 3.63) is 7.05 Å². The van der Waals surface area contributed by atoms with Crippen LogP contribution in [0.5, 0.6) is 0 Å². The molecule has 0 heterocycles. The third kappa shape index (κ3) is 5.78. The number of likely N-dealkylation sites (N-methyl/N-ethyl adjacent to an activating group) is 1. The first kappa shape index (κ1) is 7.78. The average molecular weight is 124 g/mol. The van der Waals surface area contributed by atoms with Crippen molar-refractivity contribution in [2.24, 2.45) is 0 Å². The van der Waals surface area contributed by atoms with E-state index in [0.717, 1.165) is 4.90 Å². The number of halogens is 2. The van der Waals surface area contributed by atoms with Gasteiger partial charge >= 0.3 is 6.11 Å². The highest BCUT2D eigenvalue weighted by Crippen LogP contribution is 2.07. The van der Waals surface area contributed by atoms with Crippen molar-refractivity contribution in [2.75, 3.05) is 13.6 Å². The molecule has 4 heteroatoms. The summed E-state index contributed by atoms with van der Waals surface area (Å²) in [6.07, 6.45) is -3.61. The second-order valence-electron chi connectivity index (χ2n) is 1.68. The zero-order valence-electron chi connectivity index (χ0n) is 4.56. The van der Waals surface area contributed by atoms with Crippen LogP contribution >= 0.6 is 0 Å². The van der Waals surface area contributed by atoms with Gasteiger partial charge in [0.2, 0.25) is 0 Å². The van der Waals surface area contributed by atoms with Crippen LogP contribution in [-0.4, -0.2) is 29.7 Å². The van der Waals surface area contributed by atoms with Gasteiger partial charge in [-0.05, 0) is 7.05 Å². The topological polar surface area (TPSA) is 23.5 Å². The third-order valence-electron chi connectivity index (χ3n) is 0.460. The van der Waals surface area contributed by atoms with E-state index in [9.17, 15) is 8.78 Å². The van der Waals surface area contributed by atoms with Gasteiger partial charge < -0.3 is 5.11 Å². The molecule has 0 amide bonds. The fourth-order valence-corrected chi connectivity index (χ4v) is 0.325. The Balaban J connectivity index is 3.39. The van der Waals surface area contributed by atoms with Gasteiger partial charge in [-0.25, -0.2) is 0 Å². The monoisotopic (exact) mass is 124 g/mol. The molecule has 0 aliphatic carbocycles. The van der Waals surface area contributed by atoms with Gasteiger partial charge in [0.05, 0.1) is 6.54 Å². The van der Waals surface area contributed by atoms with Crippen LogP contribution in [0.2, 0.25) is 0 Å². The zero-order chi connectivity index (χ0) is 6.78. The van der Waals surface area contributed by atoms with Gasteiger partial charge in [0, 0.05) is 7.05 Å². The van der Waals surface area contributed by atoms with Crippen molar-refractivity contribution < 1.29 is 13.9 Å². The Hall–Kier alpha value is -0.220. The van der Waals surface area contributed by atoms with Gasteiger partial charge in [-0.1, -0.05) is 0 Å². The highest BCUT2D eigenvalue weighted by molar-refractivity contribution is 4.54. The minimum absolute atomic E-state index is 0.729. The van der Waals surface area contributed by atoms with Crippen molar-refractivity contribution in [1.29, 1.82) is 0 Å². The molecule has 0 aromatic rings. The third-order valence-corrected chi connectivity index (χ3v) is 0.460. The molecular weight excluding hydrogens is 116 g/mol. The maximum atomic E-state index is 11.4. The molecule has 1 N–H and O–H groups in total. The van der Waals surface area contributed by atoms with Crippen LogP contribution in [0.4, 0.5) is 8.78 Å². The molecule has 0 bridgehead atoms. The lowest BCUT2D eigenvalue weighted by Gasteiger charge is -2.13. The highest BCUT2D eigenvalue weighted by atomic mass is 19.3. The van der Waals surface area contributed by atoms with E-state index in [4.69, 9.17) is 5.11 Å². The molecule has 49 valence electrons. The lowest BCUT2D eigenvalue weighted by atomic mass is 10.6. The molecule has 0 spiro atoms. The molecule has 0 saturated heterocycles. The van der Waals surface area contributed by atoms with E-state index < -0.39 is 12.7 Å². The van der Waals surface area contributed by atoms with E-state index in [0.29, 0.717) is 0 Å². The molecule has 8 heavy (non-hydrogen) atoms. The van der Waals surface area contributed by atoms with Crippen LogP contribution in [0.15, 0.2) is 0 Å². The van der Waals surface area contributed by atoms with Crippen molar-refractivity contribution >= 4 is 0 Å². The average Bonchev–Trinajstić information content (AvgIpc) is 1.21. The van der Waals surface area contributed by atoms with Crippen LogP contribution < -0.4 is 0 Å². The summed E-state index contributed by atoms with van der Waals surface area (Å²) in [7, 11) is 4.47. The predicted molar refractivity (Wildman–Crippen MR) is 25.2 cm³/mol. The van der Waals surface area contributed by atoms with E-state index in [1.54, 1.807) is 0 Å². The molecule has 0 aliphatic rings. The molecule has 1 radical (unpaired) electrons.